The minimum absolute atomic E-state index is 0.0370. The summed E-state index contributed by atoms with van der Waals surface area (Å²) >= 11 is 0. The van der Waals surface area contributed by atoms with Crippen LogP contribution in [0, 0.1) is 17.2 Å². The highest BCUT2D eigenvalue weighted by Gasteiger charge is 2.28. The lowest BCUT2D eigenvalue weighted by molar-refractivity contribution is 0.100. The van der Waals surface area contributed by atoms with Crippen LogP contribution >= 0.6 is 0 Å². The number of nitrogens with one attached hydrogen (secondary N) is 1. The van der Waals surface area contributed by atoms with Crippen molar-refractivity contribution in [1.82, 2.24) is 9.78 Å². The minimum atomic E-state index is -0.558. The molecule has 2 unspecified atom stereocenters. The van der Waals surface area contributed by atoms with E-state index in [1.165, 1.54) is 7.11 Å². The summed E-state index contributed by atoms with van der Waals surface area (Å²) in [6, 6.07) is 9.74. The third-order valence-electron chi connectivity index (χ3n) is 4.71. The Labute approximate surface area is 157 Å². The molecule has 0 aliphatic heterocycles. The van der Waals surface area contributed by atoms with Gasteiger partial charge in [-0.25, -0.2) is 0 Å². The molecule has 140 valence electrons. The number of aromatic nitrogens is 2. The molecule has 0 bridgehead atoms. The maximum absolute atomic E-state index is 11.9. The van der Waals surface area contributed by atoms with Gasteiger partial charge in [0.1, 0.15) is 12.7 Å². The van der Waals surface area contributed by atoms with E-state index >= 15 is 0 Å². The number of oxime groups is 1. The highest BCUT2D eigenvalue weighted by atomic mass is 16.6. The Bertz CT molecular complexity index is 865. The number of hydrogen-bond donors (Lipinski definition) is 2. The van der Waals surface area contributed by atoms with Gasteiger partial charge >= 0.3 is 0 Å². The third kappa shape index (κ3) is 4.26. The molecule has 8 nitrogen and oxygen atoms in total. The molecule has 0 spiro atoms. The summed E-state index contributed by atoms with van der Waals surface area (Å²) in [5.74, 6) is -0.272. The fourth-order valence-corrected chi connectivity index (χ4v) is 3.32. The van der Waals surface area contributed by atoms with Gasteiger partial charge < -0.3 is 15.9 Å². The van der Waals surface area contributed by atoms with Gasteiger partial charge in [-0.3, -0.25) is 9.48 Å². The van der Waals surface area contributed by atoms with Crippen LogP contribution < -0.4 is 11.1 Å². The molecule has 27 heavy (non-hydrogen) atoms. The van der Waals surface area contributed by atoms with Crippen molar-refractivity contribution < 1.29 is 9.63 Å². The molecule has 1 aromatic carbocycles. The normalized spacial score (nSPS) is 19.6. The van der Waals surface area contributed by atoms with Crippen molar-refractivity contribution in [3.8, 4) is 6.07 Å². The number of nitrogens with two attached hydrogens (primary N) is 1. The first kappa shape index (κ1) is 18.5. The summed E-state index contributed by atoms with van der Waals surface area (Å²) in [5, 5.41) is 20.8. The first-order valence-corrected chi connectivity index (χ1v) is 8.84. The molecule has 3 rings (SSSR count). The first-order valence-electron chi connectivity index (χ1n) is 8.84. The standard InChI is InChI=1S/C19H22N6O2/c1-27-22-11-13-6-8-15(9-7-13)23-19-16(18(21)26)12-25(24-19)17-5-3-2-4-14(17)10-20/h6-9,11-12,14,17H,2-5H2,1H3,(H2,21,26)(H,23,24)/b22-11+. The second-order valence-electron chi connectivity index (χ2n) is 6.49. The lowest BCUT2D eigenvalue weighted by Gasteiger charge is -2.26. The number of carbonyl (C=O) groups is 1. The van der Waals surface area contributed by atoms with E-state index in [-0.39, 0.29) is 12.0 Å². The fraction of sp³-hybridized carbons (Fsp3) is 0.368. The second kappa shape index (κ2) is 8.36. The Morgan fingerprint density at radius 1 is 1.41 bits per heavy atom. The zero-order chi connectivity index (χ0) is 19.2. The van der Waals surface area contributed by atoms with Crippen molar-refractivity contribution >= 4 is 23.6 Å². The molecule has 0 radical (unpaired) electrons. The Balaban J connectivity index is 1.84. The number of nitriles is 1. The Hall–Kier alpha value is -3.34. The van der Waals surface area contributed by atoms with Crippen molar-refractivity contribution in [2.45, 2.75) is 31.7 Å². The van der Waals surface area contributed by atoms with Gasteiger partial charge in [-0.15, -0.1) is 0 Å². The topological polar surface area (TPSA) is 118 Å². The average molecular weight is 366 g/mol. The van der Waals surface area contributed by atoms with Crippen LogP contribution in [-0.2, 0) is 4.84 Å². The van der Waals surface area contributed by atoms with Gasteiger partial charge in [0.2, 0.25) is 0 Å². The number of rotatable bonds is 6. The molecule has 1 amide bonds. The van der Waals surface area contributed by atoms with Gasteiger partial charge in [0.15, 0.2) is 5.82 Å². The molecule has 3 N–H and O–H groups in total. The number of benzene rings is 1. The van der Waals surface area contributed by atoms with Gasteiger partial charge in [0.25, 0.3) is 5.91 Å². The highest BCUT2D eigenvalue weighted by Crippen LogP contribution is 2.34. The molecule has 1 aliphatic carbocycles. The summed E-state index contributed by atoms with van der Waals surface area (Å²) in [7, 11) is 1.48. The molecule has 1 saturated carbocycles. The van der Waals surface area contributed by atoms with E-state index in [4.69, 9.17) is 5.73 Å². The Kier molecular flexibility index (Phi) is 5.71. The maximum Gasteiger partial charge on any atom is 0.254 e. The summed E-state index contributed by atoms with van der Waals surface area (Å²) < 4.78 is 1.72. The predicted molar refractivity (Wildman–Crippen MR) is 102 cm³/mol. The number of carbonyl (C=O) groups excluding carboxylic acids is 1. The number of anilines is 2. The van der Waals surface area contributed by atoms with Crippen LogP contribution in [0.4, 0.5) is 11.5 Å². The van der Waals surface area contributed by atoms with Crippen molar-refractivity contribution in [3.63, 3.8) is 0 Å². The monoisotopic (exact) mass is 366 g/mol. The van der Waals surface area contributed by atoms with Crippen molar-refractivity contribution in [2.75, 3.05) is 12.4 Å². The van der Waals surface area contributed by atoms with Crippen molar-refractivity contribution in [1.29, 1.82) is 5.26 Å². The van der Waals surface area contributed by atoms with E-state index in [1.54, 1.807) is 17.1 Å². The lowest BCUT2D eigenvalue weighted by Crippen LogP contribution is -2.22. The summed E-state index contributed by atoms with van der Waals surface area (Å²) in [6.07, 6.45) is 7.04. The van der Waals surface area contributed by atoms with Crippen LogP contribution in [0.3, 0.4) is 0 Å². The lowest BCUT2D eigenvalue weighted by atomic mass is 9.85. The molecule has 2 atom stereocenters. The summed E-state index contributed by atoms with van der Waals surface area (Å²) in [5.41, 5.74) is 7.48. The highest BCUT2D eigenvalue weighted by molar-refractivity contribution is 5.98. The quantitative estimate of drug-likeness (QED) is 0.602. The molecular formula is C19H22N6O2. The van der Waals surface area contributed by atoms with Gasteiger partial charge in [-0.05, 0) is 30.5 Å². The average Bonchev–Trinajstić information content (AvgIpc) is 3.11. The Morgan fingerprint density at radius 2 is 2.15 bits per heavy atom. The fourth-order valence-electron chi connectivity index (χ4n) is 3.32. The smallest absolute Gasteiger partial charge is 0.254 e. The number of nitrogens with zero attached hydrogens (tertiary/aromatic N) is 4. The van der Waals surface area contributed by atoms with Gasteiger partial charge in [-0.1, -0.05) is 30.1 Å². The molecule has 1 aromatic heterocycles. The SMILES string of the molecule is CO/N=C/c1ccc(Nc2nn(C3CCCCC3C#N)cc2C(N)=O)cc1. The molecule has 8 heteroatoms. The van der Waals surface area contributed by atoms with Crippen LogP contribution in [0.2, 0.25) is 0 Å². The van der Waals surface area contributed by atoms with E-state index < -0.39 is 5.91 Å². The summed E-state index contributed by atoms with van der Waals surface area (Å²) in [6.45, 7) is 0. The Morgan fingerprint density at radius 3 is 2.81 bits per heavy atom. The van der Waals surface area contributed by atoms with Crippen molar-refractivity contribution in [3.05, 3.63) is 41.6 Å². The largest absolute Gasteiger partial charge is 0.399 e. The van der Waals surface area contributed by atoms with E-state index in [2.05, 4.69) is 26.5 Å². The number of hydrogen-bond acceptors (Lipinski definition) is 6. The van der Waals surface area contributed by atoms with Gasteiger partial charge in [-0.2, -0.15) is 10.4 Å². The van der Waals surface area contributed by atoms with Gasteiger partial charge in [0, 0.05) is 11.9 Å². The van der Waals surface area contributed by atoms with Gasteiger partial charge in [0.05, 0.1) is 24.2 Å². The van der Waals surface area contributed by atoms with E-state index in [0.29, 0.717) is 11.4 Å². The zero-order valence-electron chi connectivity index (χ0n) is 15.1. The zero-order valence-corrected chi connectivity index (χ0v) is 15.1. The van der Waals surface area contributed by atoms with Crippen LogP contribution in [0.25, 0.3) is 0 Å². The van der Waals surface area contributed by atoms with Crippen molar-refractivity contribution in [2.24, 2.45) is 16.8 Å². The van der Waals surface area contributed by atoms with E-state index in [0.717, 1.165) is 36.9 Å². The maximum atomic E-state index is 11.9. The molecule has 2 aromatic rings. The summed E-state index contributed by atoms with van der Waals surface area (Å²) in [4.78, 5) is 16.5. The number of amides is 1. The first-order chi connectivity index (χ1) is 13.1. The molecular weight excluding hydrogens is 344 g/mol. The molecule has 0 saturated heterocycles. The predicted octanol–water partition coefficient (Wildman–Crippen LogP) is 2.96. The van der Waals surface area contributed by atoms with Crippen LogP contribution in [0.15, 0.2) is 35.6 Å². The molecule has 1 heterocycles. The number of primary amides is 1. The van der Waals surface area contributed by atoms with Crippen LogP contribution in [0.5, 0.6) is 0 Å². The molecule has 1 aliphatic rings. The van der Waals surface area contributed by atoms with E-state index in [9.17, 15) is 10.1 Å². The van der Waals surface area contributed by atoms with E-state index in [1.807, 2.05) is 24.3 Å². The third-order valence-corrected chi connectivity index (χ3v) is 4.71. The minimum Gasteiger partial charge on any atom is -0.399 e. The second-order valence-corrected chi connectivity index (χ2v) is 6.49. The molecule has 1 fully saturated rings. The van der Waals surface area contributed by atoms with Crippen LogP contribution in [-0.4, -0.2) is 29.0 Å². The van der Waals surface area contributed by atoms with Crippen LogP contribution in [0.1, 0.15) is 47.6 Å².